The molecule has 4 nitrogen and oxygen atoms in total. The minimum absolute atomic E-state index is 0.288. The summed E-state index contributed by atoms with van der Waals surface area (Å²) in [4.78, 5) is 4.49. The third kappa shape index (κ3) is 2.36. The molecule has 0 N–H and O–H groups in total. The quantitative estimate of drug-likeness (QED) is 0.800. The first kappa shape index (κ1) is 15.2. The summed E-state index contributed by atoms with van der Waals surface area (Å²) in [6, 6.07) is 6.62. The number of imidazole rings is 1. The molecule has 0 unspecified atom stereocenters. The van der Waals surface area contributed by atoms with Crippen LogP contribution in [0.5, 0.6) is 0 Å². The van der Waals surface area contributed by atoms with Gasteiger partial charge in [-0.25, -0.2) is 9.37 Å². The lowest BCUT2D eigenvalue weighted by Crippen LogP contribution is -2.41. The molecule has 1 saturated heterocycles. The van der Waals surface area contributed by atoms with Crippen molar-refractivity contribution in [3.63, 3.8) is 0 Å². The highest BCUT2D eigenvalue weighted by atomic mass is 19.1. The van der Waals surface area contributed by atoms with Crippen LogP contribution in [-0.4, -0.2) is 27.9 Å². The van der Waals surface area contributed by atoms with E-state index in [9.17, 15) is 4.39 Å². The van der Waals surface area contributed by atoms with Crippen LogP contribution in [0.2, 0.25) is 0 Å². The van der Waals surface area contributed by atoms with Gasteiger partial charge in [0.15, 0.2) is 0 Å². The van der Waals surface area contributed by atoms with Gasteiger partial charge in [-0.15, -0.1) is 0 Å². The molecule has 0 atom stereocenters. The van der Waals surface area contributed by atoms with Crippen molar-refractivity contribution in [2.45, 2.75) is 45.8 Å². The SMILES string of the molecule is Cc1nc(B2OC(C)(C)C(C)(C)O2)cn1-c1ccccc1F. The molecule has 6 heteroatoms. The highest BCUT2D eigenvalue weighted by molar-refractivity contribution is 6.61. The highest BCUT2D eigenvalue weighted by Crippen LogP contribution is 2.36. The summed E-state index contributed by atoms with van der Waals surface area (Å²) < 4.78 is 27.7. The van der Waals surface area contributed by atoms with Gasteiger partial charge in [0.25, 0.3) is 0 Å². The van der Waals surface area contributed by atoms with Crippen molar-refractivity contribution >= 4 is 12.7 Å². The Kier molecular flexibility index (Phi) is 3.42. The van der Waals surface area contributed by atoms with Crippen molar-refractivity contribution in [3.05, 3.63) is 42.1 Å². The van der Waals surface area contributed by atoms with E-state index in [1.807, 2.05) is 34.6 Å². The van der Waals surface area contributed by atoms with E-state index in [1.165, 1.54) is 6.07 Å². The van der Waals surface area contributed by atoms with Gasteiger partial charge >= 0.3 is 7.12 Å². The normalized spacial score (nSPS) is 19.6. The first-order chi connectivity index (χ1) is 10.2. The van der Waals surface area contributed by atoms with Crippen LogP contribution in [-0.2, 0) is 9.31 Å². The minimum Gasteiger partial charge on any atom is -0.398 e. The van der Waals surface area contributed by atoms with Crippen LogP contribution >= 0.6 is 0 Å². The monoisotopic (exact) mass is 302 g/mol. The average Bonchev–Trinajstić information content (AvgIpc) is 2.89. The van der Waals surface area contributed by atoms with E-state index in [0.29, 0.717) is 17.1 Å². The zero-order valence-corrected chi connectivity index (χ0v) is 13.6. The van der Waals surface area contributed by atoms with Gasteiger partial charge in [-0.1, -0.05) is 12.1 Å². The molecular formula is C16H20BFN2O2. The molecule has 1 aliphatic heterocycles. The van der Waals surface area contributed by atoms with Crippen LogP contribution in [0.25, 0.3) is 5.69 Å². The average molecular weight is 302 g/mol. The van der Waals surface area contributed by atoms with Gasteiger partial charge in [-0.2, -0.15) is 0 Å². The van der Waals surface area contributed by atoms with Gasteiger partial charge in [0.2, 0.25) is 0 Å². The largest absolute Gasteiger partial charge is 0.516 e. The van der Waals surface area contributed by atoms with Crippen LogP contribution < -0.4 is 5.59 Å². The molecule has 1 aromatic carbocycles. The van der Waals surface area contributed by atoms with Crippen molar-refractivity contribution in [1.29, 1.82) is 0 Å². The van der Waals surface area contributed by atoms with E-state index in [-0.39, 0.29) is 5.82 Å². The second-order valence-corrected chi connectivity index (χ2v) is 6.62. The molecule has 1 fully saturated rings. The Morgan fingerprint density at radius 1 is 1.09 bits per heavy atom. The minimum atomic E-state index is -0.545. The fourth-order valence-electron chi connectivity index (χ4n) is 2.46. The second-order valence-electron chi connectivity index (χ2n) is 6.62. The first-order valence-corrected chi connectivity index (χ1v) is 7.38. The summed E-state index contributed by atoms with van der Waals surface area (Å²) in [5.41, 5.74) is 0.274. The van der Waals surface area contributed by atoms with Gasteiger partial charge in [0.05, 0.1) is 22.5 Å². The molecule has 22 heavy (non-hydrogen) atoms. The van der Waals surface area contributed by atoms with Gasteiger partial charge in [0.1, 0.15) is 11.6 Å². The predicted octanol–water partition coefficient (Wildman–Crippen LogP) is 2.62. The summed E-state index contributed by atoms with van der Waals surface area (Å²) in [5, 5.41) is 0. The Balaban J connectivity index is 1.96. The molecule has 0 saturated carbocycles. The number of aryl methyl sites for hydroxylation is 1. The molecule has 0 bridgehead atoms. The van der Waals surface area contributed by atoms with Gasteiger partial charge in [-0.05, 0) is 46.8 Å². The summed E-state index contributed by atoms with van der Waals surface area (Å²) in [6.07, 6.45) is 1.77. The van der Waals surface area contributed by atoms with Crippen molar-refractivity contribution < 1.29 is 13.7 Å². The molecule has 0 spiro atoms. The number of aromatic nitrogens is 2. The van der Waals surface area contributed by atoms with Crippen molar-refractivity contribution in [2.24, 2.45) is 0 Å². The summed E-state index contributed by atoms with van der Waals surface area (Å²) in [6.45, 7) is 9.81. The van der Waals surface area contributed by atoms with E-state index >= 15 is 0 Å². The van der Waals surface area contributed by atoms with Gasteiger partial charge < -0.3 is 13.9 Å². The molecule has 2 aromatic rings. The van der Waals surface area contributed by atoms with Crippen molar-refractivity contribution in [2.75, 3.05) is 0 Å². The van der Waals surface area contributed by atoms with Crippen LogP contribution in [0.15, 0.2) is 30.5 Å². The third-order valence-electron chi connectivity index (χ3n) is 4.51. The zero-order valence-electron chi connectivity index (χ0n) is 13.6. The number of para-hydroxylation sites is 1. The Morgan fingerprint density at radius 2 is 1.68 bits per heavy atom. The van der Waals surface area contributed by atoms with E-state index in [4.69, 9.17) is 9.31 Å². The van der Waals surface area contributed by atoms with Crippen LogP contribution in [0.4, 0.5) is 4.39 Å². The first-order valence-electron chi connectivity index (χ1n) is 7.38. The molecule has 0 aliphatic carbocycles. The Morgan fingerprint density at radius 3 is 2.27 bits per heavy atom. The molecule has 1 aromatic heterocycles. The molecule has 1 aliphatic rings. The highest BCUT2D eigenvalue weighted by Gasteiger charge is 2.52. The number of hydrogen-bond donors (Lipinski definition) is 0. The number of benzene rings is 1. The van der Waals surface area contributed by atoms with E-state index in [1.54, 1.807) is 29.0 Å². The molecule has 0 amide bonds. The topological polar surface area (TPSA) is 36.3 Å². The fourth-order valence-corrected chi connectivity index (χ4v) is 2.46. The lowest BCUT2D eigenvalue weighted by Gasteiger charge is -2.32. The molecule has 116 valence electrons. The van der Waals surface area contributed by atoms with Crippen LogP contribution in [0, 0.1) is 12.7 Å². The van der Waals surface area contributed by atoms with Crippen molar-refractivity contribution in [3.8, 4) is 5.69 Å². The summed E-state index contributed by atoms with van der Waals surface area (Å²) in [5.74, 6) is 0.401. The van der Waals surface area contributed by atoms with Gasteiger partial charge in [-0.3, -0.25) is 0 Å². The Hall–Kier alpha value is -1.66. The molecule has 3 rings (SSSR count). The summed E-state index contributed by atoms with van der Waals surface area (Å²) >= 11 is 0. The van der Waals surface area contributed by atoms with Gasteiger partial charge in [0, 0.05) is 6.20 Å². The molecular weight excluding hydrogens is 282 g/mol. The number of hydrogen-bond acceptors (Lipinski definition) is 3. The maximum absolute atomic E-state index is 14.0. The maximum Gasteiger partial charge on any atom is 0.516 e. The Labute approximate surface area is 130 Å². The number of nitrogens with zero attached hydrogens (tertiary/aromatic N) is 2. The van der Waals surface area contributed by atoms with Crippen LogP contribution in [0.1, 0.15) is 33.5 Å². The third-order valence-corrected chi connectivity index (χ3v) is 4.51. The maximum atomic E-state index is 14.0. The smallest absolute Gasteiger partial charge is 0.398 e. The number of rotatable bonds is 2. The number of halogens is 1. The molecule has 2 heterocycles. The zero-order chi connectivity index (χ0) is 16.1. The van der Waals surface area contributed by atoms with E-state index in [0.717, 1.165) is 0 Å². The lowest BCUT2D eigenvalue weighted by molar-refractivity contribution is 0.00578. The summed E-state index contributed by atoms with van der Waals surface area (Å²) in [7, 11) is -0.545. The lowest BCUT2D eigenvalue weighted by atomic mass is 9.86. The fraction of sp³-hybridized carbons (Fsp3) is 0.438. The predicted molar refractivity (Wildman–Crippen MR) is 84.0 cm³/mol. The van der Waals surface area contributed by atoms with Crippen LogP contribution in [0.3, 0.4) is 0 Å². The van der Waals surface area contributed by atoms with E-state index < -0.39 is 18.3 Å². The standard InChI is InChI=1S/C16H20BFN2O2/c1-11-19-14(17-21-15(2,3)16(4,5)22-17)10-20(11)13-9-7-6-8-12(13)18/h6-10H,1-5H3. The molecule has 0 radical (unpaired) electrons. The van der Waals surface area contributed by atoms with E-state index in [2.05, 4.69) is 4.98 Å². The second kappa shape index (κ2) is 4.93. The van der Waals surface area contributed by atoms with Crippen molar-refractivity contribution in [1.82, 2.24) is 9.55 Å². The Bertz CT molecular complexity index is 696.